The molecule has 1 atom stereocenters. The van der Waals surface area contributed by atoms with E-state index in [1.54, 1.807) is 29.6 Å². The molecule has 0 aliphatic heterocycles. The largest absolute Gasteiger partial charge is 0.350 e. The minimum Gasteiger partial charge on any atom is -0.350 e. The number of halogens is 2. The highest BCUT2D eigenvalue weighted by molar-refractivity contribution is 7.91. The fourth-order valence-electron chi connectivity index (χ4n) is 2.72. The number of nitrogens with one attached hydrogen (secondary N) is 1. The monoisotopic (exact) mass is 421 g/mol. The van der Waals surface area contributed by atoms with Gasteiger partial charge in [0.15, 0.2) is 9.84 Å². The molecule has 1 N–H and O–H groups in total. The van der Waals surface area contributed by atoms with Crippen molar-refractivity contribution in [2.75, 3.05) is 6.54 Å². The van der Waals surface area contributed by atoms with Crippen LogP contribution < -0.4 is 5.32 Å². The summed E-state index contributed by atoms with van der Waals surface area (Å²) >= 11 is 1.23. The lowest BCUT2D eigenvalue weighted by Crippen LogP contribution is -2.32. The number of rotatable bonds is 6. The van der Waals surface area contributed by atoms with E-state index < -0.39 is 38.2 Å². The van der Waals surface area contributed by atoms with Crippen molar-refractivity contribution >= 4 is 27.1 Å². The fourth-order valence-corrected chi connectivity index (χ4v) is 5.50. The third kappa shape index (κ3) is 4.13. The molecule has 0 aliphatic rings. The van der Waals surface area contributed by atoms with E-state index >= 15 is 0 Å². The van der Waals surface area contributed by atoms with E-state index in [1.807, 2.05) is 6.92 Å². The van der Waals surface area contributed by atoms with Crippen molar-refractivity contribution in [3.05, 3.63) is 87.6 Å². The Kier molecular flexibility index (Phi) is 5.90. The minimum atomic E-state index is -3.83. The van der Waals surface area contributed by atoms with E-state index in [4.69, 9.17) is 0 Å². The zero-order valence-electron chi connectivity index (χ0n) is 14.9. The lowest BCUT2D eigenvalue weighted by molar-refractivity contribution is 0.0945. The summed E-state index contributed by atoms with van der Waals surface area (Å²) in [6.45, 7) is 1.53. The van der Waals surface area contributed by atoms with Crippen LogP contribution in [0, 0.1) is 18.6 Å². The van der Waals surface area contributed by atoms with E-state index in [2.05, 4.69) is 5.32 Å². The number of carbonyl (C=O) groups is 1. The van der Waals surface area contributed by atoms with Crippen LogP contribution in [0.1, 0.15) is 26.0 Å². The lowest BCUT2D eigenvalue weighted by Gasteiger charge is -2.18. The Morgan fingerprint density at radius 2 is 1.68 bits per heavy atom. The Bertz CT molecular complexity index is 1060. The fraction of sp³-hybridized carbons (Fsp3) is 0.150. The summed E-state index contributed by atoms with van der Waals surface area (Å²) in [4.78, 5) is 12.9. The van der Waals surface area contributed by atoms with Crippen LogP contribution in [-0.2, 0) is 9.84 Å². The first-order valence-corrected chi connectivity index (χ1v) is 10.8. The molecule has 1 heterocycles. The van der Waals surface area contributed by atoms with Crippen molar-refractivity contribution in [3.8, 4) is 0 Å². The number of carbonyl (C=O) groups excluding carboxylic acids is 1. The molecular formula is C20H17F2NO3S2. The average molecular weight is 421 g/mol. The van der Waals surface area contributed by atoms with Crippen LogP contribution >= 0.6 is 11.3 Å². The van der Waals surface area contributed by atoms with Crippen molar-refractivity contribution < 1.29 is 22.0 Å². The van der Waals surface area contributed by atoms with Crippen molar-refractivity contribution in [1.29, 1.82) is 0 Å². The molecule has 2 aromatic carbocycles. The molecule has 0 saturated carbocycles. The number of hydrogen-bond acceptors (Lipinski definition) is 4. The van der Waals surface area contributed by atoms with Crippen molar-refractivity contribution in [1.82, 2.24) is 5.32 Å². The van der Waals surface area contributed by atoms with E-state index in [0.717, 1.165) is 23.8 Å². The molecule has 146 valence electrons. The maximum Gasteiger partial charge on any atom is 0.257 e. The van der Waals surface area contributed by atoms with Gasteiger partial charge in [0, 0.05) is 11.4 Å². The van der Waals surface area contributed by atoms with E-state index in [0.29, 0.717) is 4.88 Å². The first kappa shape index (κ1) is 20.2. The molecule has 1 amide bonds. The molecule has 0 radical (unpaired) electrons. The number of amides is 1. The number of thiophene rings is 1. The normalized spacial score (nSPS) is 12.5. The zero-order valence-corrected chi connectivity index (χ0v) is 16.5. The van der Waals surface area contributed by atoms with Gasteiger partial charge in [-0.25, -0.2) is 17.2 Å². The van der Waals surface area contributed by atoms with Gasteiger partial charge < -0.3 is 5.32 Å². The second kappa shape index (κ2) is 8.20. The molecule has 0 bridgehead atoms. The highest BCUT2D eigenvalue weighted by Crippen LogP contribution is 2.31. The highest BCUT2D eigenvalue weighted by atomic mass is 32.2. The summed E-state index contributed by atoms with van der Waals surface area (Å²) in [6.07, 6.45) is 0. The van der Waals surface area contributed by atoms with Crippen LogP contribution in [0.2, 0.25) is 0 Å². The molecule has 3 aromatic rings. The van der Waals surface area contributed by atoms with Gasteiger partial charge in [-0.3, -0.25) is 4.79 Å². The van der Waals surface area contributed by atoms with Gasteiger partial charge in [-0.05, 0) is 42.6 Å². The molecule has 0 spiro atoms. The summed E-state index contributed by atoms with van der Waals surface area (Å²) in [5.41, 5.74) is 0.176. The van der Waals surface area contributed by atoms with Crippen LogP contribution in [-0.4, -0.2) is 20.9 Å². The summed E-state index contributed by atoms with van der Waals surface area (Å²) in [7, 11) is -3.83. The minimum absolute atomic E-state index is 0.114. The van der Waals surface area contributed by atoms with Crippen molar-refractivity contribution in [3.63, 3.8) is 0 Å². The van der Waals surface area contributed by atoms with Crippen LogP contribution in [0.5, 0.6) is 0 Å². The Balaban J connectivity index is 1.90. The van der Waals surface area contributed by atoms with Crippen LogP contribution in [0.25, 0.3) is 0 Å². The van der Waals surface area contributed by atoms with Gasteiger partial charge in [-0.2, -0.15) is 0 Å². The Morgan fingerprint density at radius 1 is 1.04 bits per heavy atom. The summed E-state index contributed by atoms with van der Waals surface area (Å²) in [5.74, 6) is -3.02. The third-order valence-electron chi connectivity index (χ3n) is 4.22. The molecule has 1 aromatic heterocycles. The molecule has 4 nitrogen and oxygen atoms in total. The Labute approximate surface area is 165 Å². The molecule has 3 rings (SSSR count). The maximum absolute atomic E-state index is 13.8. The molecule has 8 heteroatoms. The first-order chi connectivity index (χ1) is 13.3. The number of aryl methyl sites for hydroxylation is 1. The maximum atomic E-state index is 13.8. The van der Waals surface area contributed by atoms with Crippen LogP contribution in [0.4, 0.5) is 8.78 Å². The molecule has 0 fully saturated rings. The van der Waals surface area contributed by atoms with Crippen LogP contribution in [0.15, 0.2) is 64.9 Å². The Morgan fingerprint density at radius 3 is 2.25 bits per heavy atom. The van der Waals surface area contributed by atoms with E-state index in [-0.39, 0.29) is 11.4 Å². The average Bonchev–Trinajstić information content (AvgIpc) is 3.16. The zero-order chi connectivity index (χ0) is 20.3. The van der Waals surface area contributed by atoms with Gasteiger partial charge in [0.05, 0.1) is 4.90 Å². The summed E-state index contributed by atoms with van der Waals surface area (Å²) in [5, 5.41) is 3.02. The number of hydrogen-bond donors (Lipinski definition) is 1. The molecular weight excluding hydrogens is 404 g/mol. The van der Waals surface area contributed by atoms with Gasteiger partial charge in [0.2, 0.25) is 0 Å². The van der Waals surface area contributed by atoms with Gasteiger partial charge in [-0.1, -0.05) is 29.8 Å². The second-order valence-electron chi connectivity index (χ2n) is 6.17. The van der Waals surface area contributed by atoms with Crippen LogP contribution in [0.3, 0.4) is 0 Å². The topological polar surface area (TPSA) is 63.2 Å². The summed E-state index contributed by atoms with van der Waals surface area (Å²) in [6, 6.07) is 12.8. The van der Waals surface area contributed by atoms with Gasteiger partial charge in [0.25, 0.3) is 5.91 Å². The first-order valence-electron chi connectivity index (χ1n) is 8.37. The molecule has 1 unspecified atom stereocenters. The Hall–Kier alpha value is -2.58. The second-order valence-corrected chi connectivity index (χ2v) is 9.28. The SMILES string of the molecule is Cc1ccc(S(=O)(=O)C(CNC(=O)c2c(F)cccc2F)c2cccs2)cc1. The van der Waals surface area contributed by atoms with E-state index in [1.165, 1.54) is 23.5 Å². The predicted octanol–water partition coefficient (Wildman–Crippen LogP) is 4.28. The van der Waals surface area contributed by atoms with Gasteiger partial charge in [-0.15, -0.1) is 11.3 Å². The quantitative estimate of drug-likeness (QED) is 0.646. The molecule has 0 aliphatic carbocycles. The van der Waals surface area contributed by atoms with E-state index in [9.17, 15) is 22.0 Å². The summed E-state index contributed by atoms with van der Waals surface area (Å²) < 4.78 is 53.9. The molecule has 0 saturated heterocycles. The lowest BCUT2D eigenvalue weighted by atomic mass is 10.2. The third-order valence-corrected chi connectivity index (χ3v) is 7.46. The van der Waals surface area contributed by atoms with Gasteiger partial charge >= 0.3 is 0 Å². The van der Waals surface area contributed by atoms with Gasteiger partial charge in [0.1, 0.15) is 22.4 Å². The van der Waals surface area contributed by atoms with Crippen molar-refractivity contribution in [2.24, 2.45) is 0 Å². The standard InChI is InChI=1S/C20H17F2NO3S2/c1-13-7-9-14(10-8-13)28(25,26)18(17-6-3-11-27-17)12-23-20(24)19-15(21)4-2-5-16(19)22/h2-11,18H,12H2,1H3,(H,23,24). The molecule has 28 heavy (non-hydrogen) atoms. The predicted molar refractivity (Wildman–Crippen MR) is 104 cm³/mol. The number of benzene rings is 2. The van der Waals surface area contributed by atoms with Crippen molar-refractivity contribution in [2.45, 2.75) is 17.1 Å². The highest BCUT2D eigenvalue weighted by Gasteiger charge is 2.31. The smallest absolute Gasteiger partial charge is 0.257 e. The number of sulfone groups is 1.